The van der Waals surface area contributed by atoms with Gasteiger partial charge in [-0.05, 0) is 37.0 Å². The SMILES string of the molecule is CC1CCC(C(C)C)C(O)C1.CCCCCCCC(=O)O. The molecule has 2 N–H and O–H groups in total. The Kier molecular flexibility index (Phi) is 11.7. The molecule has 0 aromatic heterocycles. The highest BCUT2D eigenvalue weighted by atomic mass is 16.4. The fraction of sp³-hybridized carbons (Fsp3) is 0.944. The number of aliphatic carboxylic acids is 1. The van der Waals surface area contributed by atoms with Gasteiger partial charge in [-0.3, -0.25) is 4.79 Å². The fourth-order valence-electron chi connectivity index (χ4n) is 3.03. The van der Waals surface area contributed by atoms with E-state index >= 15 is 0 Å². The number of rotatable bonds is 7. The van der Waals surface area contributed by atoms with Crippen molar-refractivity contribution in [2.24, 2.45) is 17.8 Å². The largest absolute Gasteiger partial charge is 0.481 e. The van der Waals surface area contributed by atoms with E-state index in [0.717, 1.165) is 25.2 Å². The molecule has 0 aromatic rings. The predicted molar refractivity (Wildman–Crippen MR) is 88.4 cm³/mol. The zero-order chi connectivity index (χ0) is 16.3. The molecule has 126 valence electrons. The van der Waals surface area contributed by atoms with Crippen molar-refractivity contribution in [3.8, 4) is 0 Å². The van der Waals surface area contributed by atoms with Crippen LogP contribution in [0.4, 0.5) is 0 Å². The molecule has 3 nitrogen and oxygen atoms in total. The van der Waals surface area contributed by atoms with Crippen LogP contribution in [0.15, 0.2) is 0 Å². The lowest BCUT2D eigenvalue weighted by atomic mass is 9.75. The molecule has 3 heteroatoms. The topological polar surface area (TPSA) is 57.5 Å². The first kappa shape index (κ1) is 20.4. The second kappa shape index (κ2) is 12.0. The molecule has 21 heavy (non-hydrogen) atoms. The molecule has 0 aromatic carbocycles. The van der Waals surface area contributed by atoms with Gasteiger partial charge in [-0.1, -0.05) is 59.8 Å². The first-order chi connectivity index (χ1) is 9.88. The lowest BCUT2D eigenvalue weighted by molar-refractivity contribution is -0.137. The summed E-state index contributed by atoms with van der Waals surface area (Å²) in [6, 6.07) is 0. The normalized spacial score (nSPS) is 25.3. The molecule has 0 bridgehead atoms. The van der Waals surface area contributed by atoms with Crippen LogP contribution >= 0.6 is 0 Å². The van der Waals surface area contributed by atoms with Gasteiger partial charge in [-0.15, -0.1) is 0 Å². The second-order valence-electron chi connectivity index (χ2n) is 6.95. The monoisotopic (exact) mass is 300 g/mol. The number of carbonyl (C=O) groups is 1. The lowest BCUT2D eigenvalue weighted by Crippen LogP contribution is -2.31. The highest BCUT2D eigenvalue weighted by Gasteiger charge is 2.28. The number of carboxylic acids is 1. The minimum atomic E-state index is -0.670. The van der Waals surface area contributed by atoms with Gasteiger partial charge in [0.2, 0.25) is 0 Å². The standard InChI is InChI=1S/C10H20O.C8H16O2/c1-7(2)9-5-4-8(3)6-10(9)11;1-2-3-4-5-6-7-8(9)10/h7-11H,4-6H2,1-3H3;2-7H2,1H3,(H,9,10). The van der Waals surface area contributed by atoms with E-state index in [9.17, 15) is 9.90 Å². The van der Waals surface area contributed by atoms with E-state index in [-0.39, 0.29) is 6.10 Å². The minimum absolute atomic E-state index is 0.0289. The Morgan fingerprint density at radius 2 is 1.76 bits per heavy atom. The highest BCUT2D eigenvalue weighted by molar-refractivity contribution is 5.66. The van der Waals surface area contributed by atoms with Gasteiger partial charge in [0.15, 0.2) is 0 Å². The average molecular weight is 300 g/mol. The molecule has 0 heterocycles. The Hall–Kier alpha value is -0.570. The van der Waals surface area contributed by atoms with E-state index in [1.807, 2.05) is 0 Å². The Morgan fingerprint density at radius 3 is 2.24 bits per heavy atom. The molecule has 3 unspecified atom stereocenters. The number of carboxylic acid groups (broad SMARTS) is 1. The van der Waals surface area contributed by atoms with E-state index in [4.69, 9.17) is 5.11 Å². The van der Waals surface area contributed by atoms with Crippen molar-refractivity contribution in [2.75, 3.05) is 0 Å². The molecule has 1 aliphatic rings. The second-order valence-corrected chi connectivity index (χ2v) is 6.95. The molecule has 0 amide bonds. The molecular formula is C18H36O3. The van der Waals surface area contributed by atoms with Crippen LogP contribution < -0.4 is 0 Å². The third kappa shape index (κ3) is 10.8. The maximum atomic E-state index is 10.0. The van der Waals surface area contributed by atoms with Gasteiger partial charge in [-0.2, -0.15) is 0 Å². The molecule has 3 atom stereocenters. The van der Waals surface area contributed by atoms with Crippen LogP contribution in [0.3, 0.4) is 0 Å². The maximum Gasteiger partial charge on any atom is 0.303 e. The summed E-state index contributed by atoms with van der Waals surface area (Å²) in [7, 11) is 0. The summed E-state index contributed by atoms with van der Waals surface area (Å²) in [6.45, 7) is 8.81. The van der Waals surface area contributed by atoms with Crippen LogP contribution in [0.2, 0.25) is 0 Å². The maximum absolute atomic E-state index is 10.0. The van der Waals surface area contributed by atoms with Crippen LogP contribution in [-0.2, 0) is 4.79 Å². The Balaban J connectivity index is 0.000000384. The fourth-order valence-corrected chi connectivity index (χ4v) is 3.03. The molecule has 0 spiro atoms. The van der Waals surface area contributed by atoms with E-state index in [2.05, 4.69) is 27.7 Å². The summed E-state index contributed by atoms with van der Waals surface area (Å²) in [5.41, 5.74) is 0. The molecule has 1 rings (SSSR count). The van der Waals surface area contributed by atoms with E-state index in [1.165, 1.54) is 32.1 Å². The van der Waals surface area contributed by atoms with Gasteiger partial charge in [0.1, 0.15) is 0 Å². The summed E-state index contributed by atoms with van der Waals surface area (Å²) < 4.78 is 0. The quantitative estimate of drug-likeness (QED) is 0.659. The first-order valence-electron chi connectivity index (χ1n) is 8.78. The number of aliphatic hydroxyl groups excluding tert-OH is 1. The molecule has 0 radical (unpaired) electrons. The predicted octanol–water partition coefficient (Wildman–Crippen LogP) is 4.87. The van der Waals surface area contributed by atoms with Crippen molar-refractivity contribution in [3.63, 3.8) is 0 Å². The highest BCUT2D eigenvalue weighted by Crippen LogP contribution is 2.33. The number of aliphatic hydroxyl groups is 1. The average Bonchev–Trinajstić information content (AvgIpc) is 2.38. The van der Waals surface area contributed by atoms with Crippen molar-refractivity contribution < 1.29 is 15.0 Å². The van der Waals surface area contributed by atoms with Gasteiger partial charge in [0.05, 0.1) is 6.10 Å². The Morgan fingerprint density at radius 1 is 1.14 bits per heavy atom. The molecular weight excluding hydrogens is 264 g/mol. The zero-order valence-corrected chi connectivity index (χ0v) is 14.5. The van der Waals surface area contributed by atoms with E-state index in [1.54, 1.807) is 0 Å². The van der Waals surface area contributed by atoms with Crippen LogP contribution in [0, 0.1) is 17.8 Å². The zero-order valence-electron chi connectivity index (χ0n) is 14.5. The van der Waals surface area contributed by atoms with Crippen molar-refractivity contribution in [1.29, 1.82) is 0 Å². The van der Waals surface area contributed by atoms with Gasteiger partial charge >= 0.3 is 5.97 Å². The minimum Gasteiger partial charge on any atom is -0.481 e. The Labute approximate surface area is 131 Å². The first-order valence-corrected chi connectivity index (χ1v) is 8.78. The third-order valence-corrected chi connectivity index (χ3v) is 4.48. The summed E-state index contributed by atoms with van der Waals surface area (Å²) in [5, 5.41) is 18.0. The number of hydrogen-bond donors (Lipinski definition) is 2. The van der Waals surface area contributed by atoms with Crippen LogP contribution in [0.25, 0.3) is 0 Å². The molecule has 1 aliphatic carbocycles. The number of hydrogen-bond acceptors (Lipinski definition) is 2. The molecule has 1 fully saturated rings. The lowest BCUT2D eigenvalue weighted by Gasteiger charge is -2.33. The molecule has 0 saturated heterocycles. The van der Waals surface area contributed by atoms with Gasteiger partial charge in [0.25, 0.3) is 0 Å². The Bertz CT molecular complexity index is 263. The summed E-state index contributed by atoms with van der Waals surface area (Å²) in [6.07, 6.45) is 9.40. The van der Waals surface area contributed by atoms with Gasteiger partial charge in [-0.25, -0.2) is 0 Å². The smallest absolute Gasteiger partial charge is 0.303 e. The van der Waals surface area contributed by atoms with E-state index < -0.39 is 5.97 Å². The summed E-state index contributed by atoms with van der Waals surface area (Å²) >= 11 is 0. The van der Waals surface area contributed by atoms with Crippen LogP contribution in [0.1, 0.15) is 85.5 Å². The van der Waals surface area contributed by atoms with Crippen LogP contribution in [0.5, 0.6) is 0 Å². The summed E-state index contributed by atoms with van der Waals surface area (Å²) in [5.74, 6) is 1.28. The van der Waals surface area contributed by atoms with Crippen LogP contribution in [-0.4, -0.2) is 22.3 Å². The molecule has 1 saturated carbocycles. The van der Waals surface area contributed by atoms with Crippen molar-refractivity contribution in [2.45, 2.75) is 91.6 Å². The van der Waals surface area contributed by atoms with Crippen molar-refractivity contribution >= 4 is 5.97 Å². The van der Waals surface area contributed by atoms with Gasteiger partial charge in [0, 0.05) is 6.42 Å². The third-order valence-electron chi connectivity index (χ3n) is 4.48. The van der Waals surface area contributed by atoms with Gasteiger partial charge < -0.3 is 10.2 Å². The van der Waals surface area contributed by atoms with Crippen molar-refractivity contribution in [3.05, 3.63) is 0 Å². The van der Waals surface area contributed by atoms with E-state index in [0.29, 0.717) is 18.3 Å². The molecule has 0 aliphatic heterocycles. The van der Waals surface area contributed by atoms with Crippen molar-refractivity contribution in [1.82, 2.24) is 0 Å². The number of unbranched alkanes of at least 4 members (excludes halogenated alkanes) is 4. The summed E-state index contributed by atoms with van der Waals surface area (Å²) in [4.78, 5) is 10.0.